The van der Waals surface area contributed by atoms with Gasteiger partial charge in [0.15, 0.2) is 0 Å². The van der Waals surface area contributed by atoms with E-state index in [1.165, 1.54) is 19.4 Å². The molecule has 0 aromatic heterocycles. The van der Waals surface area contributed by atoms with Gasteiger partial charge in [-0.1, -0.05) is 29.3 Å². The van der Waals surface area contributed by atoms with Crippen LogP contribution >= 0.6 is 15.9 Å². The van der Waals surface area contributed by atoms with Crippen molar-refractivity contribution in [2.45, 2.75) is 25.8 Å². The summed E-state index contributed by atoms with van der Waals surface area (Å²) in [5.74, 6) is 0. The molecule has 0 amide bonds. The molecular weight excluding hydrogens is 218 g/mol. The van der Waals surface area contributed by atoms with Gasteiger partial charge in [0.1, 0.15) is 0 Å². The Morgan fingerprint density at radius 3 is 3.08 bits per heavy atom. The SMILES string of the molecule is CCCCN1CCOCC1CBr. The van der Waals surface area contributed by atoms with Crippen LogP contribution in [0.1, 0.15) is 19.8 Å². The van der Waals surface area contributed by atoms with Crippen molar-refractivity contribution >= 4 is 15.9 Å². The van der Waals surface area contributed by atoms with Crippen LogP contribution in [0.3, 0.4) is 0 Å². The molecule has 0 spiro atoms. The number of ether oxygens (including phenoxy) is 1. The summed E-state index contributed by atoms with van der Waals surface area (Å²) in [5, 5.41) is 1.04. The average molecular weight is 236 g/mol. The Hall–Kier alpha value is 0.400. The highest BCUT2D eigenvalue weighted by atomic mass is 79.9. The van der Waals surface area contributed by atoms with Crippen molar-refractivity contribution in [3.63, 3.8) is 0 Å². The molecule has 0 aliphatic carbocycles. The van der Waals surface area contributed by atoms with Crippen LogP contribution in [-0.2, 0) is 4.74 Å². The molecule has 2 nitrogen and oxygen atoms in total. The first kappa shape index (κ1) is 10.5. The topological polar surface area (TPSA) is 12.5 Å². The summed E-state index contributed by atoms with van der Waals surface area (Å²) in [5.41, 5.74) is 0. The van der Waals surface area contributed by atoms with Gasteiger partial charge in [-0.15, -0.1) is 0 Å². The Kier molecular flexibility index (Phi) is 5.19. The molecule has 0 bridgehead atoms. The van der Waals surface area contributed by atoms with Gasteiger partial charge >= 0.3 is 0 Å². The highest BCUT2D eigenvalue weighted by Crippen LogP contribution is 2.10. The first-order chi connectivity index (χ1) is 5.88. The van der Waals surface area contributed by atoms with E-state index in [2.05, 4.69) is 27.8 Å². The zero-order valence-electron chi connectivity index (χ0n) is 7.76. The minimum atomic E-state index is 0.602. The van der Waals surface area contributed by atoms with Gasteiger partial charge < -0.3 is 4.74 Å². The van der Waals surface area contributed by atoms with Gasteiger partial charge in [-0.3, -0.25) is 4.90 Å². The van der Waals surface area contributed by atoms with Gasteiger partial charge in [-0.05, 0) is 13.0 Å². The van der Waals surface area contributed by atoms with Crippen molar-refractivity contribution < 1.29 is 4.74 Å². The second kappa shape index (κ2) is 5.95. The normalized spacial score (nSPS) is 26.0. The van der Waals surface area contributed by atoms with Crippen LogP contribution in [0.15, 0.2) is 0 Å². The maximum atomic E-state index is 5.41. The molecule has 0 N–H and O–H groups in total. The molecule has 1 unspecified atom stereocenters. The van der Waals surface area contributed by atoms with Gasteiger partial charge in [-0.2, -0.15) is 0 Å². The van der Waals surface area contributed by atoms with Gasteiger partial charge in [0.25, 0.3) is 0 Å². The minimum absolute atomic E-state index is 0.602. The van der Waals surface area contributed by atoms with E-state index in [0.29, 0.717) is 6.04 Å². The van der Waals surface area contributed by atoms with Crippen LogP contribution in [0.4, 0.5) is 0 Å². The zero-order chi connectivity index (χ0) is 8.81. The van der Waals surface area contributed by atoms with Crippen molar-refractivity contribution in [1.82, 2.24) is 4.90 Å². The van der Waals surface area contributed by atoms with Crippen LogP contribution < -0.4 is 0 Å². The number of rotatable bonds is 4. The molecule has 1 fully saturated rings. The van der Waals surface area contributed by atoms with Crippen LogP contribution in [-0.4, -0.2) is 42.6 Å². The molecule has 0 radical (unpaired) electrons. The number of nitrogens with zero attached hydrogens (tertiary/aromatic N) is 1. The molecule has 1 heterocycles. The minimum Gasteiger partial charge on any atom is -0.378 e. The second-order valence-corrected chi connectivity index (χ2v) is 3.92. The fourth-order valence-electron chi connectivity index (χ4n) is 1.49. The van der Waals surface area contributed by atoms with E-state index in [9.17, 15) is 0 Å². The predicted molar refractivity (Wildman–Crippen MR) is 54.9 cm³/mol. The monoisotopic (exact) mass is 235 g/mol. The lowest BCUT2D eigenvalue weighted by molar-refractivity contribution is 0.00150. The van der Waals surface area contributed by atoms with Crippen LogP contribution in [0.5, 0.6) is 0 Å². The first-order valence-corrected chi connectivity index (χ1v) is 5.88. The van der Waals surface area contributed by atoms with E-state index in [1.807, 2.05) is 0 Å². The van der Waals surface area contributed by atoms with E-state index in [-0.39, 0.29) is 0 Å². The Balaban J connectivity index is 2.26. The lowest BCUT2D eigenvalue weighted by Gasteiger charge is -2.34. The average Bonchev–Trinajstić information content (AvgIpc) is 2.15. The summed E-state index contributed by atoms with van der Waals surface area (Å²) < 4.78 is 5.41. The predicted octanol–water partition coefficient (Wildman–Crippen LogP) is 1.88. The van der Waals surface area contributed by atoms with E-state index in [0.717, 1.165) is 25.1 Å². The molecule has 72 valence electrons. The summed E-state index contributed by atoms with van der Waals surface area (Å²) in [7, 11) is 0. The molecule has 1 atom stereocenters. The summed E-state index contributed by atoms with van der Waals surface area (Å²) in [6, 6.07) is 0.602. The summed E-state index contributed by atoms with van der Waals surface area (Å²) >= 11 is 3.52. The largest absolute Gasteiger partial charge is 0.378 e. The van der Waals surface area contributed by atoms with Crippen molar-refractivity contribution in [3.05, 3.63) is 0 Å². The summed E-state index contributed by atoms with van der Waals surface area (Å²) in [4.78, 5) is 2.53. The molecule has 1 aliphatic rings. The van der Waals surface area contributed by atoms with Gasteiger partial charge in [0.05, 0.1) is 13.2 Å². The van der Waals surface area contributed by atoms with Crippen LogP contribution in [0.25, 0.3) is 0 Å². The fraction of sp³-hybridized carbons (Fsp3) is 1.00. The van der Waals surface area contributed by atoms with E-state index in [4.69, 9.17) is 4.74 Å². The maximum Gasteiger partial charge on any atom is 0.0630 e. The number of morpholine rings is 1. The quantitative estimate of drug-likeness (QED) is 0.691. The third kappa shape index (κ3) is 3.04. The second-order valence-electron chi connectivity index (χ2n) is 3.27. The molecule has 1 rings (SSSR count). The van der Waals surface area contributed by atoms with Crippen molar-refractivity contribution in [2.24, 2.45) is 0 Å². The molecule has 0 saturated carbocycles. The van der Waals surface area contributed by atoms with Crippen LogP contribution in [0, 0.1) is 0 Å². The molecule has 3 heteroatoms. The summed E-state index contributed by atoms with van der Waals surface area (Å²) in [6.45, 7) is 6.39. The number of hydrogen-bond acceptors (Lipinski definition) is 2. The Labute approximate surface area is 83.4 Å². The lowest BCUT2D eigenvalue weighted by atomic mass is 10.2. The Morgan fingerprint density at radius 2 is 2.42 bits per heavy atom. The van der Waals surface area contributed by atoms with Gasteiger partial charge in [0.2, 0.25) is 0 Å². The standard InChI is InChI=1S/C9H18BrNO/c1-2-3-4-11-5-6-12-8-9(11)7-10/h9H,2-8H2,1H3. The highest BCUT2D eigenvalue weighted by molar-refractivity contribution is 9.09. The molecular formula is C9H18BrNO. The van der Waals surface area contributed by atoms with Gasteiger partial charge in [-0.25, -0.2) is 0 Å². The van der Waals surface area contributed by atoms with Crippen molar-refractivity contribution in [2.75, 3.05) is 31.6 Å². The molecule has 1 saturated heterocycles. The molecule has 12 heavy (non-hydrogen) atoms. The van der Waals surface area contributed by atoms with Gasteiger partial charge in [0, 0.05) is 17.9 Å². The van der Waals surface area contributed by atoms with E-state index >= 15 is 0 Å². The van der Waals surface area contributed by atoms with E-state index < -0.39 is 0 Å². The zero-order valence-corrected chi connectivity index (χ0v) is 9.35. The molecule has 0 aromatic rings. The number of halogens is 1. The molecule has 1 aliphatic heterocycles. The van der Waals surface area contributed by atoms with Crippen LogP contribution in [0.2, 0.25) is 0 Å². The Bertz CT molecular complexity index is 121. The van der Waals surface area contributed by atoms with E-state index in [1.54, 1.807) is 0 Å². The number of alkyl halides is 1. The third-order valence-corrected chi connectivity index (χ3v) is 3.07. The number of hydrogen-bond donors (Lipinski definition) is 0. The Morgan fingerprint density at radius 1 is 1.58 bits per heavy atom. The smallest absolute Gasteiger partial charge is 0.0630 e. The number of unbranched alkanes of at least 4 members (excludes halogenated alkanes) is 1. The fourth-order valence-corrected chi connectivity index (χ4v) is 2.08. The highest BCUT2D eigenvalue weighted by Gasteiger charge is 2.20. The van der Waals surface area contributed by atoms with Crippen molar-refractivity contribution in [1.29, 1.82) is 0 Å². The lowest BCUT2D eigenvalue weighted by Crippen LogP contribution is -2.46. The first-order valence-electron chi connectivity index (χ1n) is 4.76. The third-order valence-electron chi connectivity index (χ3n) is 2.33. The maximum absolute atomic E-state index is 5.41. The molecule has 0 aromatic carbocycles. The summed E-state index contributed by atoms with van der Waals surface area (Å²) in [6.07, 6.45) is 2.59. The van der Waals surface area contributed by atoms with Crippen molar-refractivity contribution in [3.8, 4) is 0 Å².